The summed E-state index contributed by atoms with van der Waals surface area (Å²) < 4.78 is 5.35. The molecule has 1 rings (SSSR count). The van der Waals surface area contributed by atoms with E-state index in [9.17, 15) is 0 Å². The van der Waals surface area contributed by atoms with Crippen molar-refractivity contribution in [1.82, 2.24) is 9.97 Å². The van der Waals surface area contributed by atoms with Crippen molar-refractivity contribution in [2.24, 2.45) is 0 Å². The van der Waals surface area contributed by atoms with Gasteiger partial charge in [-0.2, -0.15) is 0 Å². The second-order valence-electron chi connectivity index (χ2n) is 2.97. The van der Waals surface area contributed by atoms with Crippen LogP contribution < -0.4 is 10.1 Å². The molecule has 4 heteroatoms. The van der Waals surface area contributed by atoms with E-state index in [1.807, 2.05) is 13.8 Å². The van der Waals surface area contributed by atoms with Crippen molar-refractivity contribution in [2.45, 2.75) is 20.3 Å². The van der Waals surface area contributed by atoms with Crippen molar-refractivity contribution in [1.29, 1.82) is 0 Å². The van der Waals surface area contributed by atoms with Gasteiger partial charge in [0.15, 0.2) is 0 Å². The highest BCUT2D eigenvalue weighted by Gasteiger charge is 2.06. The molecule has 1 aromatic rings. The number of ether oxygens (including phenoxy) is 1. The Morgan fingerprint density at radius 1 is 1.53 bits per heavy atom. The van der Waals surface area contributed by atoms with Crippen LogP contribution in [0.4, 0.5) is 5.82 Å². The first-order valence-electron chi connectivity index (χ1n) is 4.91. The molecule has 0 unspecified atom stereocenters. The van der Waals surface area contributed by atoms with Crippen LogP contribution >= 0.6 is 0 Å². The molecule has 0 aliphatic rings. The number of hydrogen-bond donors (Lipinski definition) is 1. The van der Waals surface area contributed by atoms with E-state index < -0.39 is 0 Å². The molecular weight excluding hydrogens is 190 g/mol. The molecule has 1 aromatic heterocycles. The highest BCUT2D eigenvalue weighted by molar-refractivity contribution is 5.47. The van der Waals surface area contributed by atoms with Gasteiger partial charge in [-0.3, -0.25) is 0 Å². The minimum atomic E-state index is 0.599. The van der Waals surface area contributed by atoms with E-state index in [1.54, 1.807) is 0 Å². The lowest BCUT2D eigenvalue weighted by Gasteiger charge is -2.10. The Morgan fingerprint density at radius 3 is 3.00 bits per heavy atom. The van der Waals surface area contributed by atoms with Crippen LogP contribution in [0.3, 0.4) is 0 Å². The molecule has 0 saturated carbocycles. The summed E-state index contributed by atoms with van der Waals surface area (Å²) in [6, 6.07) is 0. The fraction of sp³-hybridized carbons (Fsp3) is 0.455. The van der Waals surface area contributed by atoms with Crippen molar-refractivity contribution < 1.29 is 4.74 Å². The second kappa shape index (κ2) is 5.86. The van der Waals surface area contributed by atoms with Gasteiger partial charge in [-0.05, 0) is 13.8 Å². The fourth-order valence-electron chi connectivity index (χ4n) is 1.15. The monoisotopic (exact) mass is 205 g/mol. The smallest absolute Gasteiger partial charge is 0.221 e. The Hall–Kier alpha value is -1.76. The highest BCUT2D eigenvalue weighted by atomic mass is 16.5. The molecule has 0 radical (unpaired) electrons. The Kier molecular flexibility index (Phi) is 4.42. The molecule has 1 heterocycles. The van der Waals surface area contributed by atoms with Crippen molar-refractivity contribution in [3.63, 3.8) is 0 Å². The number of nitrogens with one attached hydrogen (secondary N) is 1. The van der Waals surface area contributed by atoms with Crippen molar-refractivity contribution in [3.8, 4) is 18.2 Å². The van der Waals surface area contributed by atoms with E-state index in [0.717, 1.165) is 11.4 Å². The summed E-state index contributed by atoms with van der Waals surface area (Å²) in [5.41, 5.74) is 0.913. The topological polar surface area (TPSA) is 47.0 Å². The van der Waals surface area contributed by atoms with E-state index in [2.05, 4.69) is 21.2 Å². The minimum Gasteiger partial charge on any atom is -0.478 e. The first kappa shape index (κ1) is 11.3. The summed E-state index contributed by atoms with van der Waals surface area (Å²) in [7, 11) is 0. The molecule has 0 atom stereocenters. The molecule has 0 amide bonds. The summed E-state index contributed by atoms with van der Waals surface area (Å²) in [4.78, 5) is 8.17. The lowest BCUT2D eigenvalue weighted by atomic mass is 10.3. The van der Waals surface area contributed by atoms with E-state index in [-0.39, 0.29) is 0 Å². The van der Waals surface area contributed by atoms with Gasteiger partial charge in [0.05, 0.1) is 12.2 Å². The molecule has 4 nitrogen and oxygen atoms in total. The number of aromatic nitrogens is 2. The third-order valence-electron chi connectivity index (χ3n) is 1.88. The van der Waals surface area contributed by atoms with Crippen LogP contribution in [-0.4, -0.2) is 23.1 Å². The Bertz CT molecular complexity index is 357. The summed E-state index contributed by atoms with van der Waals surface area (Å²) in [5.74, 6) is 3.96. The van der Waals surface area contributed by atoms with E-state index in [4.69, 9.17) is 11.2 Å². The highest BCUT2D eigenvalue weighted by Crippen LogP contribution is 2.19. The van der Waals surface area contributed by atoms with E-state index in [0.29, 0.717) is 25.5 Å². The van der Waals surface area contributed by atoms with Gasteiger partial charge in [0.25, 0.3) is 0 Å². The van der Waals surface area contributed by atoms with Crippen LogP contribution in [0.5, 0.6) is 5.88 Å². The number of nitrogens with zero attached hydrogens (tertiary/aromatic N) is 2. The zero-order chi connectivity index (χ0) is 11.1. The van der Waals surface area contributed by atoms with Gasteiger partial charge < -0.3 is 10.1 Å². The third-order valence-corrected chi connectivity index (χ3v) is 1.88. The maximum Gasteiger partial charge on any atom is 0.221 e. The Balaban J connectivity index is 2.71. The zero-order valence-corrected chi connectivity index (χ0v) is 9.08. The predicted molar refractivity (Wildman–Crippen MR) is 59.9 cm³/mol. The third kappa shape index (κ3) is 3.13. The van der Waals surface area contributed by atoms with Crippen molar-refractivity contribution in [2.75, 3.05) is 18.5 Å². The van der Waals surface area contributed by atoms with E-state index in [1.165, 1.54) is 6.33 Å². The number of hydrogen-bond acceptors (Lipinski definition) is 4. The van der Waals surface area contributed by atoms with Gasteiger partial charge >= 0.3 is 0 Å². The van der Waals surface area contributed by atoms with Crippen LogP contribution in [0.2, 0.25) is 0 Å². The molecule has 80 valence electrons. The minimum absolute atomic E-state index is 0.599. The van der Waals surface area contributed by atoms with Crippen LogP contribution in [0.25, 0.3) is 0 Å². The Morgan fingerprint density at radius 2 is 2.33 bits per heavy atom. The molecule has 1 N–H and O–H groups in total. The first-order chi connectivity index (χ1) is 7.29. The van der Waals surface area contributed by atoms with Crippen LogP contribution in [0.1, 0.15) is 18.9 Å². The predicted octanol–water partition coefficient (Wildman–Crippen LogP) is 1.62. The summed E-state index contributed by atoms with van der Waals surface area (Å²) >= 11 is 0. The van der Waals surface area contributed by atoms with Gasteiger partial charge in [-0.25, -0.2) is 9.97 Å². The molecule has 15 heavy (non-hydrogen) atoms. The molecular formula is C11H15N3O. The second-order valence-corrected chi connectivity index (χ2v) is 2.97. The van der Waals surface area contributed by atoms with Crippen LogP contribution in [0.15, 0.2) is 6.33 Å². The van der Waals surface area contributed by atoms with E-state index >= 15 is 0 Å². The van der Waals surface area contributed by atoms with Crippen molar-refractivity contribution >= 4 is 5.82 Å². The van der Waals surface area contributed by atoms with Gasteiger partial charge in [0.1, 0.15) is 12.1 Å². The van der Waals surface area contributed by atoms with Gasteiger partial charge in [-0.1, -0.05) is 0 Å². The largest absolute Gasteiger partial charge is 0.478 e. The van der Waals surface area contributed by atoms with Gasteiger partial charge in [0, 0.05) is 13.0 Å². The average Bonchev–Trinajstić information content (AvgIpc) is 2.24. The lowest BCUT2D eigenvalue weighted by Crippen LogP contribution is -2.07. The zero-order valence-electron chi connectivity index (χ0n) is 9.08. The van der Waals surface area contributed by atoms with Crippen LogP contribution in [-0.2, 0) is 0 Å². The normalized spacial score (nSPS) is 9.40. The maximum absolute atomic E-state index is 5.35. The first-order valence-corrected chi connectivity index (χ1v) is 4.91. The number of anilines is 1. The molecule has 0 saturated heterocycles. The van der Waals surface area contributed by atoms with Gasteiger partial charge in [0.2, 0.25) is 5.88 Å². The summed E-state index contributed by atoms with van der Waals surface area (Å²) in [5, 5.41) is 3.14. The maximum atomic E-state index is 5.35. The standard InChI is InChI=1S/C11H15N3O/c1-4-6-7-12-10-9(3)11(15-5-2)14-8-13-10/h1,8H,5-7H2,2-3H3,(H,12,13,14). The SMILES string of the molecule is C#CCCNc1ncnc(OCC)c1C. The molecule has 0 fully saturated rings. The molecule has 0 bridgehead atoms. The molecule has 0 aliphatic heterocycles. The van der Waals surface area contributed by atoms with Crippen molar-refractivity contribution in [3.05, 3.63) is 11.9 Å². The number of terminal acetylenes is 1. The average molecular weight is 205 g/mol. The van der Waals surface area contributed by atoms with Crippen LogP contribution in [0, 0.1) is 19.3 Å². The van der Waals surface area contributed by atoms with Gasteiger partial charge in [-0.15, -0.1) is 12.3 Å². The molecule has 0 aromatic carbocycles. The molecule has 0 aliphatic carbocycles. The fourth-order valence-corrected chi connectivity index (χ4v) is 1.15. The lowest BCUT2D eigenvalue weighted by molar-refractivity contribution is 0.324. The Labute approximate surface area is 90.1 Å². The molecule has 0 spiro atoms. The summed E-state index contributed by atoms with van der Waals surface area (Å²) in [6.07, 6.45) is 7.32. The number of rotatable bonds is 5. The summed E-state index contributed by atoms with van der Waals surface area (Å²) in [6.45, 7) is 5.15. The quantitative estimate of drug-likeness (QED) is 0.586.